The van der Waals surface area contributed by atoms with Gasteiger partial charge in [-0.15, -0.1) is 0 Å². The third-order valence-electron chi connectivity index (χ3n) is 3.53. The van der Waals surface area contributed by atoms with Crippen LogP contribution in [0.25, 0.3) is 0 Å². The Bertz CT molecular complexity index is 506. The Morgan fingerprint density at radius 2 is 2.11 bits per heavy atom. The Morgan fingerprint density at radius 3 is 2.63 bits per heavy atom. The average molecular weight is 286 g/mol. The van der Waals surface area contributed by atoms with Crippen LogP contribution in [0.15, 0.2) is 11.1 Å². The van der Waals surface area contributed by atoms with Crippen molar-refractivity contribution in [2.45, 2.75) is 44.0 Å². The van der Waals surface area contributed by atoms with E-state index in [1.807, 2.05) is 6.92 Å². The van der Waals surface area contributed by atoms with Crippen LogP contribution in [0.5, 0.6) is 0 Å². The van der Waals surface area contributed by atoms with Gasteiger partial charge in [-0.25, -0.2) is 8.42 Å². The van der Waals surface area contributed by atoms with Crippen LogP contribution < -0.4 is 5.32 Å². The first-order valence-electron chi connectivity index (χ1n) is 6.80. The zero-order valence-corrected chi connectivity index (χ0v) is 12.3. The van der Waals surface area contributed by atoms with Gasteiger partial charge in [0.1, 0.15) is 4.90 Å². The fraction of sp³-hybridized carbons (Fsp3) is 0.750. The van der Waals surface area contributed by atoms with Gasteiger partial charge in [0.15, 0.2) is 0 Å². The lowest BCUT2D eigenvalue weighted by molar-refractivity contribution is 0.262. The van der Waals surface area contributed by atoms with Crippen molar-refractivity contribution < 1.29 is 8.42 Å². The Kier molecular flexibility index (Phi) is 4.59. The number of H-pyrrole nitrogens is 1. The molecule has 1 aromatic rings. The molecule has 0 saturated carbocycles. The largest absolute Gasteiger partial charge is 0.317 e. The monoisotopic (exact) mass is 286 g/mol. The van der Waals surface area contributed by atoms with Gasteiger partial charge >= 0.3 is 0 Å². The molecule has 19 heavy (non-hydrogen) atoms. The summed E-state index contributed by atoms with van der Waals surface area (Å²) in [5.74, 6) is 0. The minimum atomic E-state index is -3.44. The molecule has 1 aliphatic heterocycles. The molecule has 2 rings (SSSR count). The van der Waals surface area contributed by atoms with Crippen molar-refractivity contribution >= 4 is 10.0 Å². The molecule has 0 aromatic carbocycles. The van der Waals surface area contributed by atoms with E-state index in [4.69, 9.17) is 0 Å². The predicted molar refractivity (Wildman–Crippen MR) is 73.4 cm³/mol. The number of rotatable bonds is 5. The van der Waals surface area contributed by atoms with Crippen LogP contribution in [0.3, 0.4) is 0 Å². The summed E-state index contributed by atoms with van der Waals surface area (Å²) < 4.78 is 27.2. The molecule has 0 spiro atoms. The first-order valence-corrected chi connectivity index (χ1v) is 8.24. The summed E-state index contributed by atoms with van der Waals surface area (Å²) in [6.45, 7) is 6.07. The highest BCUT2D eigenvalue weighted by atomic mass is 32.2. The smallest absolute Gasteiger partial charge is 0.246 e. The maximum atomic E-state index is 12.7. The summed E-state index contributed by atoms with van der Waals surface area (Å²) in [4.78, 5) is 0.305. The topological polar surface area (TPSA) is 78.1 Å². The first-order chi connectivity index (χ1) is 9.07. The van der Waals surface area contributed by atoms with Gasteiger partial charge in [0, 0.05) is 12.6 Å². The summed E-state index contributed by atoms with van der Waals surface area (Å²) in [5.41, 5.74) is 0.607. The third kappa shape index (κ3) is 2.98. The zero-order chi connectivity index (χ0) is 13.9. The van der Waals surface area contributed by atoms with Gasteiger partial charge in [0.25, 0.3) is 0 Å². The van der Waals surface area contributed by atoms with Crippen molar-refractivity contribution in [1.29, 1.82) is 0 Å². The van der Waals surface area contributed by atoms with Crippen LogP contribution in [-0.4, -0.2) is 48.6 Å². The maximum Gasteiger partial charge on any atom is 0.246 e. The fourth-order valence-corrected chi connectivity index (χ4v) is 4.44. The van der Waals surface area contributed by atoms with E-state index in [1.54, 1.807) is 11.2 Å². The number of hydrogen-bond donors (Lipinski definition) is 2. The van der Waals surface area contributed by atoms with Gasteiger partial charge in [0.05, 0.1) is 11.9 Å². The SMILES string of the molecule is CCCN(C1CCNCC1)S(=O)(=O)c1cn[nH]c1C. The molecule has 2 heterocycles. The van der Waals surface area contributed by atoms with Crippen LogP contribution in [0.4, 0.5) is 0 Å². The molecule has 7 heteroatoms. The van der Waals surface area contributed by atoms with E-state index in [2.05, 4.69) is 15.5 Å². The molecule has 1 aliphatic rings. The van der Waals surface area contributed by atoms with Gasteiger partial charge in [-0.1, -0.05) is 6.92 Å². The molecule has 2 N–H and O–H groups in total. The number of nitrogens with one attached hydrogen (secondary N) is 2. The van der Waals surface area contributed by atoms with Crippen molar-refractivity contribution in [3.8, 4) is 0 Å². The van der Waals surface area contributed by atoms with Crippen molar-refractivity contribution in [2.24, 2.45) is 0 Å². The Morgan fingerprint density at radius 1 is 1.42 bits per heavy atom. The molecule has 0 aliphatic carbocycles. The highest BCUT2D eigenvalue weighted by molar-refractivity contribution is 7.89. The van der Waals surface area contributed by atoms with Gasteiger partial charge in [-0.2, -0.15) is 9.40 Å². The summed E-state index contributed by atoms with van der Waals surface area (Å²) in [6.07, 6.45) is 3.97. The number of piperidine rings is 1. The van der Waals surface area contributed by atoms with Gasteiger partial charge in [-0.05, 0) is 39.3 Å². The van der Waals surface area contributed by atoms with Gasteiger partial charge in [0.2, 0.25) is 10.0 Å². The molecule has 0 atom stereocenters. The molecule has 0 radical (unpaired) electrons. The zero-order valence-electron chi connectivity index (χ0n) is 11.5. The van der Waals surface area contributed by atoms with Crippen molar-refractivity contribution in [1.82, 2.24) is 19.8 Å². The second-order valence-electron chi connectivity index (χ2n) is 4.96. The molecule has 0 unspecified atom stereocenters. The van der Waals surface area contributed by atoms with Crippen LogP contribution in [0, 0.1) is 6.92 Å². The Labute approximate surface area is 114 Å². The highest BCUT2D eigenvalue weighted by Crippen LogP contribution is 2.23. The number of sulfonamides is 1. The third-order valence-corrected chi connectivity index (χ3v) is 5.60. The molecular weight excluding hydrogens is 264 g/mol. The lowest BCUT2D eigenvalue weighted by Gasteiger charge is -2.33. The van der Waals surface area contributed by atoms with E-state index in [0.717, 1.165) is 32.4 Å². The Balaban J connectivity index is 2.29. The van der Waals surface area contributed by atoms with E-state index in [1.165, 1.54) is 6.20 Å². The van der Waals surface area contributed by atoms with Crippen LogP contribution in [0.1, 0.15) is 31.9 Å². The van der Waals surface area contributed by atoms with Crippen LogP contribution in [0.2, 0.25) is 0 Å². The van der Waals surface area contributed by atoms with Crippen molar-refractivity contribution in [2.75, 3.05) is 19.6 Å². The summed E-state index contributed by atoms with van der Waals surface area (Å²) in [6, 6.07) is 0.0977. The number of aryl methyl sites for hydroxylation is 1. The number of aromatic amines is 1. The number of nitrogens with zero attached hydrogens (tertiary/aromatic N) is 2. The fourth-order valence-electron chi connectivity index (χ4n) is 2.54. The van der Waals surface area contributed by atoms with E-state index >= 15 is 0 Å². The second-order valence-corrected chi connectivity index (χ2v) is 6.82. The van der Waals surface area contributed by atoms with E-state index in [0.29, 0.717) is 17.1 Å². The minimum absolute atomic E-state index is 0.0977. The lowest BCUT2D eigenvalue weighted by Crippen LogP contribution is -2.46. The first kappa shape index (κ1) is 14.5. The highest BCUT2D eigenvalue weighted by Gasteiger charge is 2.33. The average Bonchev–Trinajstić information content (AvgIpc) is 2.84. The van der Waals surface area contributed by atoms with Gasteiger partial charge in [-0.3, -0.25) is 5.10 Å². The van der Waals surface area contributed by atoms with Crippen molar-refractivity contribution in [3.05, 3.63) is 11.9 Å². The van der Waals surface area contributed by atoms with Crippen LogP contribution >= 0.6 is 0 Å². The standard InChI is InChI=1S/C12H22N4O2S/c1-3-8-16(11-4-6-13-7-5-11)19(17,18)12-9-14-15-10(12)2/h9,11,13H,3-8H2,1-2H3,(H,14,15). The number of aromatic nitrogens is 2. The van der Waals surface area contributed by atoms with Gasteiger partial charge < -0.3 is 5.32 Å². The number of hydrogen-bond acceptors (Lipinski definition) is 4. The van der Waals surface area contributed by atoms with E-state index < -0.39 is 10.0 Å². The quantitative estimate of drug-likeness (QED) is 0.842. The molecule has 6 nitrogen and oxygen atoms in total. The Hall–Kier alpha value is -0.920. The summed E-state index contributed by atoms with van der Waals surface area (Å²) in [7, 11) is -3.44. The van der Waals surface area contributed by atoms with Crippen molar-refractivity contribution in [3.63, 3.8) is 0 Å². The van der Waals surface area contributed by atoms with E-state index in [9.17, 15) is 8.42 Å². The molecule has 1 fully saturated rings. The summed E-state index contributed by atoms with van der Waals surface area (Å²) >= 11 is 0. The van der Waals surface area contributed by atoms with Crippen LogP contribution in [-0.2, 0) is 10.0 Å². The molecular formula is C12H22N4O2S. The lowest BCUT2D eigenvalue weighted by atomic mass is 10.1. The molecule has 108 valence electrons. The molecule has 0 bridgehead atoms. The minimum Gasteiger partial charge on any atom is -0.317 e. The second kappa shape index (κ2) is 6.02. The molecule has 1 aromatic heterocycles. The predicted octanol–water partition coefficient (Wildman–Crippen LogP) is 0.871. The van der Waals surface area contributed by atoms with E-state index in [-0.39, 0.29) is 6.04 Å². The molecule has 0 amide bonds. The maximum absolute atomic E-state index is 12.7. The normalized spacial score (nSPS) is 18.1. The molecule has 1 saturated heterocycles. The summed E-state index contributed by atoms with van der Waals surface area (Å²) in [5, 5.41) is 9.81.